The highest BCUT2D eigenvalue weighted by Gasteiger charge is 2.04. The Labute approximate surface area is 197 Å². The van der Waals surface area contributed by atoms with Crippen molar-refractivity contribution >= 4 is 10.8 Å². The highest BCUT2D eigenvalue weighted by Crippen LogP contribution is 2.20. The predicted octanol–water partition coefficient (Wildman–Crippen LogP) is 7.24. The van der Waals surface area contributed by atoms with Gasteiger partial charge in [-0.2, -0.15) is 0 Å². The molecule has 0 bridgehead atoms. The minimum absolute atomic E-state index is 0.305. The van der Waals surface area contributed by atoms with Crippen LogP contribution in [-0.2, 0) is 0 Å². The largest absolute Gasteiger partial charge is 0.493 e. The molecule has 0 N–H and O–H groups in total. The molecule has 4 aromatic carbocycles. The van der Waals surface area contributed by atoms with Gasteiger partial charge in [-0.1, -0.05) is 43.1 Å². The van der Waals surface area contributed by atoms with E-state index >= 15 is 0 Å². The number of halogens is 3. The van der Waals surface area contributed by atoms with Crippen LogP contribution in [0.3, 0.4) is 0 Å². The van der Waals surface area contributed by atoms with Crippen molar-refractivity contribution in [1.82, 2.24) is 0 Å². The molecule has 0 saturated heterocycles. The van der Waals surface area contributed by atoms with Gasteiger partial charge in [-0.05, 0) is 77.9 Å². The van der Waals surface area contributed by atoms with Gasteiger partial charge in [-0.25, -0.2) is 13.2 Å². The van der Waals surface area contributed by atoms with Crippen LogP contribution < -0.4 is 4.74 Å². The number of unbranched alkanes of at least 4 members (excludes halogenated alkanes) is 1. The van der Waals surface area contributed by atoms with Gasteiger partial charge in [0.2, 0.25) is 0 Å². The summed E-state index contributed by atoms with van der Waals surface area (Å²) in [6.45, 7) is 2.63. The Hall–Kier alpha value is -4.15. The molecule has 0 spiro atoms. The second-order valence-electron chi connectivity index (χ2n) is 7.75. The Balaban J connectivity index is 1.45. The van der Waals surface area contributed by atoms with Gasteiger partial charge >= 0.3 is 0 Å². The van der Waals surface area contributed by atoms with Crippen molar-refractivity contribution in [2.75, 3.05) is 6.61 Å². The Bertz CT molecular complexity index is 1450. The molecule has 0 radical (unpaired) electrons. The highest BCUT2D eigenvalue weighted by atomic mass is 19.2. The molecule has 0 unspecified atom stereocenters. The molecular formula is C30H21F3O. The van der Waals surface area contributed by atoms with Crippen molar-refractivity contribution in [1.29, 1.82) is 0 Å². The van der Waals surface area contributed by atoms with Crippen molar-refractivity contribution in [2.45, 2.75) is 19.8 Å². The minimum atomic E-state index is -0.884. The summed E-state index contributed by atoms with van der Waals surface area (Å²) in [5.41, 5.74) is 2.51. The molecule has 0 aromatic heterocycles. The van der Waals surface area contributed by atoms with Crippen LogP contribution in [-0.4, -0.2) is 6.61 Å². The van der Waals surface area contributed by atoms with E-state index in [1.165, 1.54) is 18.2 Å². The maximum atomic E-state index is 14.3. The van der Waals surface area contributed by atoms with E-state index in [2.05, 4.69) is 30.6 Å². The minimum Gasteiger partial charge on any atom is -0.493 e. The van der Waals surface area contributed by atoms with Crippen molar-refractivity contribution in [3.8, 4) is 29.4 Å². The lowest BCUT2D eigenvalue weighted by Crippen LogP contribution is -1.97. The van der Waals surface area contributed by atoms with Gasteiger partial charge in [0, 0.05) is 22.8 Å². The molecule has 4 heteroatoms. The van der Waals surface area contributed by atoms with Crippen molar-refractivity contribution < 1.29 is 17.9 Å². The first-order valence-electron chi connectivity index (χ1n) is 11.0. The van der Waals surface area contributed by atoms with E-state index in [0.717, 1.165) is 24.0 Å². The van der Waals surface area contributed by atoms with E-state index in [0.29, 0.717) is 34.3 Å². The molecule has 0 aliphatic rings. The van der Waals surface area contributed by atoms with Crippen LogP contribution in [0.4, 0.5) is 13.2 Å². The molecule has 4 rings (SSSR count). The van der Waals surface area contributed by atoms with E-state index < -0.39 is 17.5 Å². The first kappa shape index (κ1) is 23.0. The van der Waals surface area contributed by atoms with Gasteiger partial charge in [0.15, 0.2) is 11.6 Å². The predicted molar refractivity (Wildman–Crippen MR) is 129 cm³/mol. The molecule has 0 fully saturated rings. The van der Waals surface area contributed by atoms with Crippen molar-refractivity contribution in [2.24, 2.45) is 0 Å². The maximum Gasteiger partial charge on any atom is 0.159 e. The number of benzene rings is 4. The van der Waals surface area contributed by atoms with Gasteiger partial charge in [-0.3, -0.25) is 0 Å². The fraction of sp³-hybridized carbons (Fsp3) is 0.133. The summed E-state index contributed by atoms with van der Waals surface area (Å²) >= 11 is 0. The van der Waals surface area contributed by atoms with Crippen LogP contribution in [0, 0.1) is 41.1 Å². The first-order valence-corrected chi connectivity index (χ1v) is 11.0. The second kappa shape index (κ2) is 10.6. The molecule has 0 saturated carbocycles. The molecule has 0 aliphatic heterocycles. The Morgan fingerprint density at radius 3 is 1.91 bits per heavy atom. The third-order valence-electron chi connectivity index (χ3n) is 5.16. The normalized spacial score (nSPS) is 10.2. The van der Waals surface area contributed by atoms with Gasteiger partial charge in [0.25, 0.3) is 0 Å². The van der Waals surface area contributed by atoms with Crippen LogP contribution in [0.15, 0.2) is 72.8 Å². The molecule has 0 atom stereocenters. The monoisotopic (exact) mass is 454 g/mol. The van der Waals surface area contributed by atoms with E-state index in [1.54, 1.807) is 30.3 Å². The van der Waals surface area contributed by atoms with Crippen LogP contribution in [0.1, 0.15) is 42.0 Å². The molecule has 34 heavy (non-hydrogen) atoms. The molecule has 0 heterocycles. The maximum absolute atomic E-state index is 14.3. The topological polar surface area (TPSA) is 9.23 Å². The summed E-state index contributed by atoms with van der Waals surface area (Å²) in [7, 11) is 0. The number of fused-ring (bicyclic) bond motifs is 1. The van der Waals surface area contributed by atoms with E-state index in [9.17, 15) is 13.2 Å². The average Bonchev–Trinajstić information content (AvgIpc) is 2.84. The Morgan fingerprint density at radius 2 is 1.24 bits per heavy atom. The zero-order valence-corrected chi connectivity index (χ0v) is 18.6. The zero-order valence-electron chi connectivity index (χ0n) is 18.6. The van der Waals surface area contributed by atoms with E-state index in [-0.39, 0.29) is 0 Å². The Morgan fingerprint density at radius 1 is 0.618 bits per heavy atom. The summed E-state index contributed by atoms with van der Waals surface area (Å²) in [5.74, 6) is 10.2. The average molecular weight is 454 g/mol. The SMILES string of the molecule is CCCCOc1ccc(C#Cc2ccc(C#Cc3ccc4cc(F)c(F)cc4c3)cc2)c(F)c1. The smallest absolute Gasteiger partial charge is 0.159 e. The third-order valence-corrected chi connectivity index (χ3v) is 5.16. The highest BCUT2D eigenvalue weighted by molar-refractivity contribution is 5.84. The molecular weight excluding hydrogens is 433 g/mol. The number of ether oxygens (including phenoxy) is 1. The summed E-state index contributed by atoms with van der Waals surface area (Å²) in [5, 5.41) is 1.20. The van der Waals surface area contributed by atoms with E-state index in [4.69, 9.17) is 4.74 Å². The van der Waals surface area contributed by atoms with Crippen LogP contribution >= 0.6 is 0 Å². The summed E-state index contributed by atoms with van der Waals surface area (Å²) in [6.07, 6.45) is 1.94. The third kappa shape index (κ3) is 5.80. The lowest BCUT2D eigenvalue weighted by atomic mass is 10.1. The molecule has 168 valence electrons. The van der Waals surface area contributed by atoms with Gasteiger partial charge in [0.1, 0.15) is 11.6 Å². The van der Waals surface area contributed by atoms with Crippen LogP contribution in [0.2, 0.25) is 0 Å². The summed E-state index contributed by atoms with van der Waals surface area (Å²) < 4.78 is 46.6. The zero-order chi connectivity index (χ0) is 23.9. The van der Waals surface area contributed by atoms with Crippen LogP contribution in [0.25, 0.3) is 10.8 Å². The standard InChI is InChI=1S/C30H21F3O/c1-2-3-16-34-27-15-14-24(28(31)20-27)12-10-22-6-4-21(5-7-22)8-9-23-11-13-25-18-29(32)30(33)19-26(25)17-23/h4-7,11,13-15,17-20H,2-3,16H2,1H3. The molecule has 0 aliphatic carbocycles. The lowest BCUT2D eigenvalue weighted by molar-refractivity contribution is 0.308. The van der Waals surface area contributed by atoms with Gasteiger partial charge in [0.05, 0.1) is 12.2 Å². The van der Waals surface area contributed by atoms with Crippen molar-refractivity contribution in [3.63, 3.8) is 0 Å². The number of hydrogen-bond donors (Lipinski definition) is 0. The van der Waals surface area contributed by atoms with Gasteiger partial charge < -0.3 is 4.74 Å². The second-order valence-corrected chi connectivity index (χ2v) is 7.75. The van der Waals surface area contributed by atoms with Crippen LogP contribution in [0.5, 0.6) is 5.75 Å². The van der Waals surface area contributed by atoms with E-state index in [1.807, 2.05) is 24.3 Å². The first-order chi connectivity index (χ1) is 16.5. The summed E-state index contributed by atoms with van der Waals surface area (Å²) in [4.78, 5) is 0. The molecule has 0 amide bonds. The Kier molecular flexibility index (Phi) is 7.21. The lowest BCUT2D eigenvalue weighted by Gasteiger charge is -2.05. The molecule has 1 nitrogen and oxygen atoms in total. The van der Waals surface area contributed by atoms with Crippen molar-refractivity contribution in [3.05, 3.63) is 113 Å². The fourth-order valence-corrected chi connectivity index (χ4v) is 3.26. The number of hydrogen-bond acceptors (Lipinski definition) is 1. The molecule has 4 aromatic rings. The summed E-state index contributed by atoms with van der Waals surface area (Å²) in [6, 6.07) is 19.5. The van der Waals surface area contributed by atoms with Gasteiger partial charge in [-0.15, -0.1) is 0 Å². The number of rotatable bonds is 4. The quantitative estimate of drug-likeness (QED) is 0.233. The fourth-order valence-electron chi connectivity index (χ4n) is 3.26.